The first-order valence-corrected chi connectivity index (χ1v) is 8.41. The van der Waals surface area contributed by atoms with Crippen LogP contribution in [0.3, 0.4) is 0 Å². The maximum Gasteiger partial charge on any atom is 0.317 e. The van der Waals surface area contributed by atoms with E-state index in [1.165, 1.54) is 0 Å². The number of rotatable bonds is 3. The van der Waals surface area contributed by atoms with Crippen molar-refractivity contribution >= 4 is 6.03 Å². The van der Waals surface area contributed by atoms with Crippen molar-refractivity contribution in [3.63, 3.8) is 0 Å². The Morgan fingerprint density at radius 1 is 1.48 bits per heavy atom. The van der Waals surface area contributed by atoms with Gasteiger partial charge in [-0.15, -0.1) is 0 Å². The highest BCUT2D eigenvalue weighted by atomic mass is 16.3. The van der Waals surface area contributed by atoms with Gasteiger partial charge < -0.3 is 19.9 Å². The van der Waals surface area contributed by atoms with Crippen LogP contribution in [0.1, 0.15) is 52.5 Å². The molecule has 2 N–H and O–H groups in total. The molecule has 1 aliphatic heterocycles. The highest BCUT2D eigenvalue weighted by Gasteiger charge is 2.32. The molecule has 0 aromatic carbocycles. The Balaban J connectivity index is 1.98. The van der Waals surface area contributed by atoms with Gasteiger partial charge in [0.25, 0.3) is 0 Å². The van der Waals surface area contributed by atoms with Crippen molar-refractivity contribution in [2.45, 2.75) is 52.7 Å². The molecule has 0 saturated carbocycles. The van der Waals surface area contributed by atoms with E-state index < -0.39 is 6.10 Å². The lowest BCUT2D eigenvalue weighted by Crippen LogP contribution is -2.51. The van der Waals surface area contributed by atoms with Crippen molar-refractivity contribution in [3.05, 3.63) is 18.2 Å². The molecule has 0 spiro atoms. The van der Waals surface area contributed by atoms with E-state index in [2.05, 4.69) is 31.1 Å². The molecule has 23 heavy (non-hydrogen) atoms. The summed E-state index contributed by atoms with van der Waals surface area (Å²) >= 11 is 0. The lowest BCUT2D eigenvalue weighted by atomic mass is 9.88. The summed E-state index contributed by atoms with van der Waals surface area (Å²) in [4.78, 5) is 18.5. The molecule has 2 heterocycles. The van der Waals surface area contributed by atoms with Crippen LogP contribution < -0.4 is 5.32 Å². The Bertz CT molecular complexity index is 535. The zero-order chi connectivity index (χ0) is 17.2. The fraction of sp³-hybridized carbons (Fsp3) is 0.765. The van der Waals surface area contributed by atoms with Crippen LogP contribution in [0.5, 0.6) is 0 Å². The molecular formula is C17H30N4O2. The third-order valence-electron chi connectivity index (χ3n) is 4.95. The SMILES string of the molecule is CC(NC(=O)N1CCCC(C(O)c2nccn2C)C1)C(C)(C)C. The molecule has 3 atom stereocenters. The van der Waals surface area contributed by atoms with E-state index in [0.29, 0.717) is 12.4 Å². The normalized spacial score (nSPS) is 21.8. The van der Waals surface area contributed by atoms with Crippen molar-refractivity contribution in [1.29, 1.82) is 0 Å². The summed E-state index contributed by atoms with van der Waals surface area (Å²) in [5, 5.41) is 13.7. The number of imidazole rings is 1. The van der Waals surface area contributed by atoms with Crippen molar-refractivity contribution < 1.29 is 9.90 Å². The van der Waals surface area contributed by atoms with Gasteiger partial charge in [0.1, 0.15) is 11.9 Å². The molecule has 1 aromatic heterocycles. The van der Waals surface area contributed by atoms with Gasteiger partial charge in [-0.1, -0.05) is 20.8 Å². The van der Waals surface area contributed by atoms with Crippen LogP contribution in [-0.4, -0.2) is 44.7 Å². The van der Waals surface area contributed by atoms with Crippen LogP contribution >= 0.6 is 0 Å². The van der Waals surface area contributed by atoms with Gasteiger partial charge in [0.15, 0.2) is 0 Å². The number of aliphatic hydroxyl groups excluding tert-OH is 1. The molecule has 6 heteroatoms. The topological polar surface area (TPSA) is 70.4 Å². The quantitative estimate of drug-likeness (QED) is 0.897. The summed E-state index contributed by atoms with van der Waals surface area (Å²) in [7, 11) is 1.88. The van der Waals surface area contributed by atoms with E-state index in [-0.39, 0.29) is 23.4 Å². The van der Waals surface area contributed by atoms with Crippen LogP contribution in [0.15, 0.2) is 12.4 Å². The third kappa shape index (κ3) is 4.25. The highest BCUT2D eigenvalue weighted by Crippen LogP contribution is 2.29. The molecule has 1 aromatic rings. The molecular weight excluding hydrogens is 292 g/mol. The lowest BCUT2D eigenvalue weighted by molar-refractivity contribution is 0.0521. The maximum absolute atomic E-state index is 12.5. The summed E-state index contributed by atoms with van der Waals surface area (Å²) in [5.74, 6) is 0.695. The Kier molecular flexibility index (Phi) is 5.34. The molecule has 2 amide bonds. The van der Waals surface area contributed by atoms with Crippen LogP contribution in [-0.2, 0) is 7.05 Å². The number of piperidine rings is 1. The number of aryl methyl sites for hydroxylation is 1. The average molecular weight is 322 g/mol. The molecule has 0 aliphatic carbocycles. The molecule has 1 saturated heterocycles. The van der Waals surface area contributed by atoms with E-state index in [9.17, 15) is 9.90 Å². The fourth-order valence-electron chi connectivity index (χ4n) is 2.82. The van der Waals surface area contributed by atoms with Gasteiger partial charge in [0, 0.05) is 44.5 Å². The smallest absolute Gasteiger partial charge is 0.317 e. The minimum Gasteiger partial charge on any atom is -0.385 e. The van der Waals surface area contributed by atoms with E-state index in [0.717, 1.165) is 19.4 Å². The van der Waals surface area contributed by atoms with E-state index >= 15 is 0 Å². The predicted octanol–water partition coefficient (Wildman–Crippen LogP) is 2.31. The third-order valence-corrected chi connectivity index (χ3v) is 4.95. The number of nitrogens with zero attached hydrogens (tertiary/aromatic N) is 3. The molecule has 2 rings (SSSR count). The summed E-state index contributed by atoms with van der Waals surface area (Å²) in [6, 6.07) is 0.0546. The van der Waals surface area contributed by atoms with Crippen LogP contribution in [0.2, 0.25) is 0 Å². The second-order valence-electron chi connectivity index (χ2n) is 7.73. The summed E-state index contributed by atoms with van der Waals surface area (Å²) in [6.45, 7) is 9.68. The summed E-state index contributed by atoms with van der Waals surface area (Å²) in [6.07, 6.45) is 4.70. The zero-order valence-corrected chi connectivity index (χ0v) is 14.9. The average Bonchev–Trinajstić information content (AvgIpc) is 2.91. The van der Waals surface area contributed by atoms with Crippen molar-refractivity contribution in [2.75, 3.05) is 13.1 Å². The number of likely N-dealkylation sites (tertiary alicyclic amines) is 1. The second-order valence-corrected chi connectivity index (χ2v) is 7.73. The van der Waals surface area contributed by atoms with Crippen molar-refractivity contribution in [2.24, 2.45) is 18.4 Å². The first-order valence-electron chi connectivity index (χ1n) is 8.41. The number of hydrogen-bond acceptors (Lipinski definition) is 3. The number of hydrogen-bond donors (Lipinski definition) is 2. The minimum atomic E-state index is -0.634. The maximum atomic E-state index is 12.5. The number of amides is 2. The zero-order valence-electron chi connectivity index (χ0n) is 14.9. The Morgan fingerprint density at radius 2 is 2.17 bits per heavy atom. The van der Waals surface area contributed by atoms with Gasteiger partial charge in [-0.05, 0) is 25.2 Å². The molecule has 0 radical (unpaired) electrons. The van der Waals surface area contributed by atoms with Crippen LogP contribution in [0.25, 0.3) is 0 Å². The molecule has 130 valence electrons. The number of carbonyl (C=O) groups excluding carboxylic acids is 1. The first kappa shape index (κ1) is 17.8. The Hall–Kier alpha value is -1.56. The minimum absolute atomic E-state index is 0.0251. The van der Waals surface area contributed by atoms with Gasteiger partial charge in [0.2, 0.25) is 0 Å². The molecule has 1 fully saturated rings. The number of aromatic nitrogens is 2. The fourth-order valence-corrected chi connectivity index (χ4v) is 2.82. The number of nitrogens with one attached hydrogen (secondary N) is 1. The second kappa shape index (κ2) is 6.91. The number of urea groups is 1. The Labute approximate surface area is 138 Å². The van der Waals surface area contributed by atoms with E-state index in [4.69, 9.17) is 0 Å². The van der Waals surface area contributed by atoms with E-state index in [1.807, 2.05) is 29.6 Å². The lowest BCUT2D eigenvalue weighted by Gasteiger charge is -2.37. The van der Waals surface area contributed by atoms with Gasteiger partial charge in [0.05, 0.1) is 0 Å². The number of aliphatic hydroxyl groups is 1. The van der Waals surface area contributed by atoms with Crippen molar-refractivity contribution in [1.82, 2.24) is 19.8 Å². The van der Waals surface area contributed by atoms with Gasteiger partial charge in [-0.25, -0.2) is 9.78 Å². The number of carbonyl (C=O) groups is 1. The van der Waals surface area contributed by atoms with Crippen LogP contribution in [0.4, 0.5) is 4.79 Å². The highest BCUT2D eigenvalue weighted by molar-refractivity contribution is 5.74. The molecule has 0 bridgehead atoms. The van der Waals surface area contributed by atoms with Gasteiger partial charge in [-0.2, -0.15) is 0 Å². The molecule has 6 nitrogen and oxygen atoms in total. The first-order chi connectivity index (χ1) is 10.7. The predicted molar refractivity (Wildman–Crippen MR) is 89.9 cm³/mol. The summed E-state index contributed by atoms with van der Waals surface area (Å²) in [5.41, 5.74) is 0.0251. The monoisotopic (exact) mass is 322 g/mol. The largest absolute Gasteiger partial charge is 0.385 e. The van der Waals surface area contributed by atoms with Gasteiger partial charge >= 0.3 is 6.03 Å². The summed E-state index contributed by atoms with van der Waals surface area (Å²) < 4.78 is 1.84. The van der Waals surface area contributed by atoms with Crippen LogP contribution in [0, 0.1) is 11.3 Å². The Morgan fingerprint density at radius 3 is 2.74 bits per heavy atom. The molecule has 1 aliphatic rings. The van der Waals surface area contributed by atoms with Crippen molar-refractivity contribution in [3.8, 4) is 0 Å². The van der Waals surface area contributed by atoms with E-state index in [1.54, 1.807) is 6.20 Å². The molecule has 3 unspecified atom stereocenters. The van der Waals surface area contributed by atoms with Gasteiger partial charge in [-0.3, -0.25) is 0 Å². The standard InChI is InChI=1S/C17H30N4O2/c1-12(17(2,3)4)19-16(23)21-9-6-7-13(11-21)14(22)15-18-8-10-20(15)5/h8,10,12-14,22H,6-7,9,11H2,1-5H3,(H,19,23).